The van der Waals surface area contributed by atoms with Crippen LogP contribution >= 0.6 is 20.8 Å². The van der Waals surface area contributed by atoms with Crippen LogP contribution < -0.4 is 15.9 Å². The number of hydrogen-bond acceptors (Lipinski definition) is 1. The standard InChI is InChI=1S/C22H24BrOP/c1-24-18-11-19-25(23,20-12-5-2-6-13-20,21-14-7-3-8-15-21)22-16-9-4-10-17-22/h2-10,12-17H,11,18-19H2,1H3. The molecular formula is C22H24BrOP. The fraction of sp³-hybridized carbons (Fsp3) is 0.182. The molecule has 0 saturated heterocycles. The predicted molar refractivity (Wildman–Crippen MR) is 115 cm³/mol. The first-order valence-corrected chi connectivity index (χ1v) is 13.0. The minimum atomic E-state index is -2.74. The predicted octanol–water partition coefficient (Wildman–Crippen LogP) is 4.86. The van der Waals surface area contributed by atoms with E-state index in [-0.39, 0.29) is 0 Å². The van der Waals surface area contributed by atoms with E-state index in [0.29, 0.717) is 0 Å². The van der Waals surface area contributed by atoms with Crippen molar-refractivity contribution >= 4 is 36.7 Å². The molecule has 0 amide bonds. The van der Waals surface area contributed by atoms with Gasteiger partial charge in [0.25, 0.3) is 0 Å². The van der Waals surface area contributed by atoms with E-state index >= 15 is 0 Å². The van der Waals surface area contributed by atoms with Gasteiger partial charge in [0.2, 0.25) is 0 Å². The van der Waals surface area contributed by atoms with Gasteiger partial charge in [-0.15, -0.1) is 0 Å². The zero-order valence-electron chi connectivity index (χ0n) is 14.5. The molecule has 0 aliphatic carbocycles. The van der Waals surface area contributed by atoms with Crippen molar-refractivity contribution in [3.8, 4) is 0 Å². The van der Waals surface area contributed by atoms with Gasteiger partial charge in [-0.25, -0.2) is 0 Å². The van der Waals surface area contributed by atoms with Gasteiger partial charge in [0.05, 0.1) is 0 Å². The number of methoxy groups -OCH3 is 1. The maximum atomic E-state index is 5.39. The summed E-state index contributed by atoms with van der Waals surface area (Å²) in [7, 11) is 1.77. The Bertz CT molecular complexity index is 691. The Morgan fingerprint density at radius 2 is 1.04 bits per heavy atom. The molecule has 0 aliphatic rings. The van der Waals surface area contributed by atoms with E-state index in [9.17, 15) is 0 Å². The second-order valence-corrected chi connectivity index (χ2v) is 15.3. The molecule has 0 spiro atoms. The Labute approximate surface area is 158 Å². The van der Waals surface area contributed by atoms with Crippen molar-refractivity contribution in [1.82, 2.24) is 0 Å². The number of hydrogen-bond donors (Lipinski definition) is 0. The Morgan fingerprint density at radius 3 is 1.36 bits per heavy atom. The van der Waals surface area contributed by atoms with Crippen LogP contribution in [0.15, 0.2) is 91.0 Å². The van der Waals surface area contributed by atoms with Gasteiger partial charge >= 0.3 is 159 Å². The fourth-order valence-corrected chi connectivity index (χ4v) is 11.2. The zero-order chi connectivity index (χ0) is 17.6. The summed E-state index contributed by atoms with van der Waals surface area (Å²) in [6.45, 7) is 0.760. The van der Waals surface area contributed by atoms with E-state index < -0.39 is 5.31 Å². The first-order chi connectivity index (χ1) is 12.2. The number of benzene rings is 3. The van der Waals surface area contributed by atoms with Crippen LogP contribution in [0.5, 0.6) is 0 Å². The van der Waals surface area contributed by atoms with Crippen molar-refractivity contribution in [3.05, 3.63) is 91.0 Å². The van der Waals surface area contributed by atoms with Gasteiger partial charge in [0.15, 0.2) is 0 Å². The van der Waals surface area contributed by atoms with E-state index in [0.717, 1.165) is 19.2 Å². The molecule has 0 fully saturated rings. The van der Waals surface area contributed by atoms with Crippen LogP contribution in [0.3, 0.4) is 0 Å². The molecule has 0 unspecified atom stereocenters. The van der Waals surface area contributed by atoms with E-state index in [2.05, 4.69) is 106 Å². The van der Waals surface area contributed by atoms with Gasteiger partial charge < -0.3 is 0 Å². The summed E-state index contributed by atoms with van der Waals surface area (Å²) in [5, 5.41) is 1.35. The first kappa shape index (κ1) is 18.3. The van der Waals surface area contributed by atoms with Crippen LogP contribution in [-0.4, -0.2) is 19.9 Å². The second kappa shape index (κ2) is 7.83. The van der Waals surface area contributed by atoms with Crippen LogP contribution in [0.2, 0.25) is 0 Å². The molecule has 0 aliphatic heterocycles. The third-order valence-electron chi connectivity index (χ3n) is 4.81. The summed E-state index contributed by atoms with van der Waals surface area (Å²) in [5.41, 5.74) is 0. The molecule has 0 atom stereocenters. The van der Waals surface area contributed by atoms with Crippen molar-refractivity contribution in [2.45, 2.75) is 6.42 Å². The summed E-state index contributed by atoms with van der Waals surface area (Å²) in [6, 6.07) is 32.7. The summed E-state index contributed by atoms with van der Waals surface area (Å²) < 4.78 is 5.39. The molecule has 25 heavy (non-hydrogen) atoms. The average molecular weight is 415 g/mol. The molecule has 0 saturated carbocycles. The summed E-state index contributed by atoms with van der Waals surface area (Å²) >= 11 is 4.42. The molecule has 3 aromatic carbocycles. The number of ether oxygens (including phenoxy) is 1. The normalized spacial score (nSPS) is 13.1. The molecule has 0 heterocycles. The molecular weight excluding hydrogens is 391 g/mol. The van der Waals surface area contributed by atoms with Crippen molar-refractivity contribution in [2.75, 3.05) is 19.9 Å². The van der Waals surface area contributed by atoms with Crippen LogP contribution in [0.4, 0.5) is 0 Å². The monoisotopic (exact) mass is 414 g/mol. The Morgan fingerprint density at radius 1 is 0.680 bits per heavy atom. The molecule has 0 radical (unpaired) electrons. The Kier molecular flexibility index (Phi) is 5.74. The molecule has 1 nitrogen and oxygen atoms in total. The van der Waals surface area contributed by atoms with Crippen LogP contribution in [0.1, 0.15) is 6.42 Å². The van der Waals surface area contributed by atoms with Crippen molar-refractivity contribution in [2.24, 2.45) is 0 Å². The van der Waals surface area contributed by atoms with Crippen molar-refractivity contribution in [3.63, 3.8) is 0 Å². The number of halogens is 1. The third-order valence-corrected chi connectivity index (χ3v) is 14.8. The summed E-state index contributed by atoms with van der Waals surface area (Å²) in [4.78, 5) is 0. The Balaban J connectivity index is 2.32. The molecule has 130 valence electrons. The second-order valence-electron chi connectivity index (χ2n) is 6.26. The maximum absolute atomic E-state index is 5.39. The fourth-order valence-electron chi connectivity index (χ4n) is 3.56. The van der Waals surface area contributed by atoms with Gasteiger partial charge in [-0.1, -0.05) is 0 Å². The van der Waals surface area contributed by atoms with E-state index in [1.54, 1.807) is 7.11 Å². The van der Waals surface area contributed by atoms with E-state index in [4.69, 9.17) is 4.74 Å². The molecule has 3 aromatic rings. The van der Waals surface area contributed by atoms with Crippen LogP contribution in [0.25, 0.3) is 0 Å². The molecule has 0 N–H and O–H groups in total. The SMILES string of the molecule is COCCCP(Br)(c1ccccc1)(c1ccccc1)c1ccccc1. The molecule has 0 aromatic heterocycles. The first-order valence-electron chi connectivity index (χ1n) is 8.59. The van der Waals surface area contributed by atoms with Crippen molar-refractivity contribution < 1.29 is 4.74 Å². The average Bonchev–Trinajstić information content (AvgIpc) is 2.70. The molecule has 3 rings (SSSR count). The van der Waals surface area contributed by atoms with Gasteiger partial charge in [0.1, 0.15) is 0 Å². The van der Waals surface area contributed by atoms with Crippen molar-refractivity contribution in [1.29, 1.82) is 0 Å². The van der Waals surface area contributed by atoms with Gasteiger partial charge in [-0.3, -0.25) is 0 Å². The quantitative estimate of drug-likeness (QED) is 0.396. The zero-order valence-corrected chi connectivity index (χ0v) is 17.0. The van der Waals surface area contributed by atoms with Gasteiger partial charge in [-0.2, -0.15) is 0 Å². The van der Waals surface area contributed by atoms with Crippen LogP contribution in [-0.2, 0) is 4.74 Å². The topological polar surface area (TPSA) is 9.23 Å². The van der Waals surface area contributed by atoms with Crippen LogP contribution in [0, 0.1) is 0 Å². The molecule has 3 heteroatoms. The Hall–Kier alpha value is -1.47. The summed E-state index contributed by atoms with van der Waals surface area (Å²) in [6.07, 6.45) is 2.02. The number of rotatable bonds is 7. The van der Waals surface area contributed by atoms with Gasteiger partial charge in [-0.05, 0) is 0 Å². The minimum absolute atomic E-state index is 0.760. The third kappa shape index (κ3) is 3.31. The summed E-state index contributed by atoms with van der Waals surface area (Å²) in [5.74, 6) is 0. The molecule has 0 bridgehead atoms. The van der Waals surface area contributed by atoms with E-state index in [1.807, 2.05) is 0 Å². The van der Waals surface area contributed by atoms with Gasteiger partial charge in [0, 0.05) is 0 Å². The van der Waals surface area contributed by atoms with E-state index in [1.165, 1.54) is 15.9 Å².